The highest BCUT2D eigenvalue weighted by Crippen LogP contribution is 2.39. The van der Waals surface area contributed by atoms with Crippen LogP contribution in [-0.4, -0.2) is 35.6 Å². The molecular formula is C28H26Cl2N4O2. The molecule has 5 rings (SSSR count). The Morgan fingerprint density at radius 3 is 2.67 bits per heavy atom. The summed E-state index contributed by atoms with van der Waals surface area (Å²) in [6.07, 6.45) is 5.85. The lowest BCUT2D eigenvalue weighted by Crippen LogP contribution is -2.34. The SMILES string of the molecule is CCN(CC)c1c(C(=O)N[C@H]2CCOc3ccccc32)cnc2c(-c3cccc(Cl)c3Cl)cncc12. The molecule has 6 nitrogen and oxygen atoms in total. The molecule has 184 valence electrons. The molecule has 1 N–H and O–H groups in total. The second kappa shape index (κ2) is 10.3. The van der Waals surface area contributed by atoms with Gasteiger partial charge in [-0.3, -0.25) is 14.8 Å². The topological polar surface area (TPSA) is 67.4 Å². The second-order valence-electron chi connectivity index (χ2n) is 8.58. The molecule has 0 bridgehead atoms. The van der Waals surface area contributed by atoms with Gasteiger partial charge in [0.05, 0.1) is 39.5 Å². The number of fused-ring (bicyclic) bond motifs is 2. The number of amides is 1. The first kappa shape index (κ1) is 24.3. The molecule has 36 heavy (non-hydrogen) atoms. The van der Waals surface area contributed by atoms with Crippen molar-refractivity contribution >= 4 is 45.7 Å². The molecule has 0 saturated heterocycles. The van der Waals surface area contributed by atoms with Crippen LogP contribution in [0.3, 0.4) is 0 Å². The van der Waals surface area contributed by atoms with Crippen LogP contribution in [0.4, 0.5) is 5.69 Å². The van der Waals surface area contributed by atoms with E-state index >= 15 is 0 Å². The molecule has 2 aromatic carbocycles. The highest BCUT2D eigenvalue weighted by Gasteiger charge is 2.27. The third-order valence-electron chi connectivity index (χ3n) is 6.58. The largest absolute Gasteiger partial charge is 0.493 e. The fraction of sp³-hybridized carbons (Fsp3) is 0.250. The van der Waals surface area contributed by atoms with Crippen LogP contribution in [0.1, 0.15) is 42.2 Å². The lowest BCUT2D eigenvalue weighted by molar-refractivity contribution is 0.0925. The molecule has 1 aliphatic heterocycles. The lowest BCUT2D eigenvalue weighted by atomic mass is 9.99. The number of nitrogens with one attached hydrogen (secondary N) is 1. The van der Waals surface area contributed by atoms with Crippen LogP contribution < -0.4 is 15.0 Å². The maximum absolute atomic E-state index is 13.7. The molecule has 3 heterocycles. The van der Waals surface area contributed by atoms with E-state index < -0.39 is 0 Å². The molecule has 0 radical (unpaired) electrons. The number of anilines is 1. The van der Waals surface area contributed by atoms with Crippen molar-refractivity contribution in [1.82, 2.24) is 15.3 Å². The van der Waals surface area contributed by atoms with Gasteiger partial charge in [0.25, 0.3) is 5.91 Å². The van der Waals surface area contributed by atoms with E-state index in [1.54, 1.807) is 24.7 Å². The van der Waals surface area contributed by atoms with Crippen LogP contribution in [0.5, 0.6) is 5.75 Å². The average Bonchev–Trinajstić information content (AvgIpc) is 2.91. The molecule has 0 fully saturated rings. The second-order valence-corrected chi connectivity index (χ2v) is 9.36. The van der Waals surface area contributed by atoms with Gasteiger partial charge in [-0.25, -0.2) is 0 Å². The van der Waals surface area contributed by atoms with Crippen LogP contribution in [0.2, 0.25) is 10.0 Å². The van der Waals surface area contributed by atoms with Gasteiger partial charge in [-0.2, -0.15) is 0 Å². The molecule has 1 atom stereocenters. The summed E-state index contributed by atoms with van der Waals surface area (Å²) in [5, 5.41) is 4.91. The summed E-state index contributed by atoms with van der Waals surface area (Å²) in [4.78, 5) is 25.1. The summed E-state index contributed by atoms with van der Waals surface area (Å²) in [6.45, 7) is 6.12. The van der Waals surface area contributed by atoms with Gasteiger partial charge >= 0.3 is 0 Å². The highest BCUT2D eigenvalue weighted by atomic mass is 35.5. The number of carbonyl (C=O) groups is 1. The van der Waals surface area contributed by atoms with E-state index in [1.165, 1.54) is 0 Å². The van der Waals surface area contributed by atoms with Crippen molar-refractivity contribution in [2.24, 2.45) is 0 Å². The zero-order valence-corrected chi connectivity index (χ0v) is 21.6. The Kier molecular flexibility index (Phi) is 6.99. The quantitative estimate of drug-likeness (QED) is 0.306. The Hall–Kier alpha value is -3.35. The lowest BCUT2D eigenvalue weighted by Gasteiger charge is -2.29. The van der Waals surface area contributed by atoms with Gasteiger partial charge < -0.3 is 15.0 Å². The van der Waals surface area contributed by atoms with E-state index in [-0.39, 0.29) is 11.9 Å². The highest BCUT2D eigenvalue weighted by molar-refractivity contribution is 6.44. The Labute approximate surface area is 220 Å². The van der Waals surface area contributed by atoms with E-state index in [9.17, 15) is 4.79 Å². The number of hydrogen-bond acceptors (Lipinski definition) is 5. The number of para-hydroxylation sites is 1. The first-order valence-corrected chi connectivity index (χ1v) is 12.8. The Morgan fingerprint density at radius 1 is 1.06 bits per heavy atom. The Morgan fingerprint density at radius 2 is 1.86 bits per heavy atom. The number of pyridine rings is 2. The molecule has 1 amide bonds. The molecule has 2 aromatic heterocycles. The zero-order valence-electron chi connectivity index (χ0n) is 20.1. The van der Waals surface area contributed by atoms with Crippen LogP contribution in [0.25, 0.3) is 22.0 Å². The summed E-state index contributed by atoms with van der Waals surface area (Å²) in [7, 11) is 0. The number of rotatable bonds is 6. The van der Waals surface area contributed by atoms with E-state index in [1.807, 2.05) is 36.4 Å². The molecule has 0 saturated carbocycles. The van der Waals surface area contributed by atoms with E-state index in [4.69, 9.17) is 32.9 Å². The Bertz CT molecular complexity index is 1440. The first-order chi connectivity index (χ1) is 17.5. The maximum atomic E-state index is 13.7. The summed E-state index contributed by atoms with van der Waals surface area (Å²) in [5.74, 6) is 0.626. The summed E-state index contributed by atoms with van der Waals surface area (Å²) in [6, 6.07) is 13.2. The third-order valence-corrected chi connectivity index (χ3v) is 7.40. The zero-order chi connectivity index (χ0) is 25.2. The molecule has 0 unspecified atom stereocenters. The van der Waals surface area contributed by atoms with Crippen molar-refractivity contribution in [3.8, 4) is 16.9 Å². The van der Waals surface area contributed by atoms with Gasteiger partial charge in [-0.05, 0) is 26.0 Å². The van der Waals surface area contributed by atoms with E-state index in [2.05, 4.69) is 29.0 Å². The van der Waals surface area contributed by atoms with Crippen LogP contribution >= 0.6 is 23.2 Å². The molecule has 8 heteroatoms. The number of hydrogen-bond donors (Lipinski definition) is 1. The molecule has 4 aromatic rings. The van der Waals surface area contributed by atoms with Gasteiger partial charge in [0, 0.05) is 60.2 Å². The maximum Gasteiger partial charge on any atom is 0.255 e. The van der Waals surface area contributed by atoms with E-state index in [0.717, 1.165) is 46.6 Å². The van der Waals surface area contributed by atoms with Crippen LogP contribution in [0, 0.1) is 0 Å². The first-order valence-electron chi connectivity index (χ1n) is 12.0. The van der Waals surface area contributed by atoms with Crippen molar-refractivity contribution in [2.75, 3.05) is 24.6 Å². The van der Waals surface area contributed by atoms with Gasteiger partial charge in [0.2, 0.25) is 0 Å². The predicted molar refractivity (Wildman–Crippen MR) is 145 cm³/mol. The van der Waals surface area contributed by atoms with Crippen molar-refractivity contribution in [2.45, 2.75) is 26.3 Å². The number of carbonyl (C=O) groups excluding carboxylic acids is 1. The fourth-order valence-electron chi connectivity index (χ4n) is 4.79. The third kappa shape index (κ3) is 4.36. The van der Waals surface area contributed by atoms with Crippen LogP contribution in [0.15, 0.2) is 61.1 Å². The molecule has 1 aliphatic rings. The number of nitrogens with zero attached hydrogens (tertiary/aromatic N) is 3. The summed E-state index contributed by atoms with van der Waals surface area (Å²) in [5.41, 5.74) is 4.51. The fourth-order valence-corrected chi connectivity index (χ4v) is 5.19. The average molecular weight is 521 g/mol. The standard InChI is InChI=1S/C28H26Cl2N4O2/c1-3-34(4-2)27-20-15-31-14-19(17-9-7-10-22(29)25(17)30)26(20)32-16-21(27)28(35)33-23-12-13-36-24-11-6-5-8-18(23)24/h5-11,14-16,23H,3-4,12-13H2,1-2H3,(H,33,35)/t23-/m0/s1. The molecule has 0 aliphatic carbocycles. The normalized spacial score (nSPS) is 14.7. The van der Waals surface area contributed by atoms with Gasteiger partial charge in [0.1, 0.15) is 5.75 Å². The number of ether oxygens (including phenoxy) is 1. The smallest absolute Gasteiger partial charge is 0.255 e. The summed E-state index contributed by atoms with van der Waals surface area (Å²) < 4.78 is 5.77. The molecule has 0 spiro atoms. The minimum Gasteiger partial charge on any atom is -0.493 e. The van der Waals surface area contributed by atoms with Crippen molar-refractivity contribution in [1.29, 1.82) is 0 Å². The summed E-state index contributed by atoms with van der Waals surface area (Å²) >= 11 is 12.8. The monoisotopic (exact) mass is 520 g/mol. The van der Waals surface area contributed by atoms with Crippen molar-refractivity contribution in [3.63, 3.8) is 0 Å². The van der Waals surface area contributed by atoms with Crippen molar-refractivity contribution < 1.29 is 9.53 Å². The molecular weight excluding hydrogens is 495 g/mol. The minimum absolute atomic E-state index is 0.141. The Balaban J connectivity index is 1.62. The van der Waals surface area contributed by atoms with Crippen molar-refractivity contribution in [3.05, 3.63) is 82.2 Å². The van der Waals surface area contributed by atoms with E-state index in [0.29, 0.717) is 34.2 Å². The number of aromatic nitrogens is 2. The van der Waals surface area contributed by atoms with Gasteiger partial charge in [-0.1, -0.05) is 53.5 Å². The van der Waals surface area contributed by atoms with Gasteiger partial charge in [-0.15, -0.1) is 0 Å². The van der Waals surface area contributed by atoms with Gasteiger partial charge in [0.15, 0.2) is 0 Å². The minimum atomic E-state index is -0.181. The van der Waals surface area contributed by atoms with Crippen LogP contribution in [-0.2, 0) is 0 Å². The number of benzene rings is 2. The predicted octanol–water partition coefficient (Wildman–Crippen LogP) is 6.70. The number of halogens is 2.